The standard InChI is InChI=1S/C6H7P.CH5P/c7-6-4-2-1-3-5-6;1-2/h1-5H,7H2;2H2,1H3. The molecule has 0 aliphatic heterocycles. The first kappa shape index (κ1) is 9.08. The summed E-state index contributed by atoms with van der Waals surface area (Å²) in [6, 6.07) is 10.1. The van der Waals surface area contributed by atoms with E-state index in [9.17, 15) is 0 Å². The maximum Gasteiger partial charge on any atom is -0.0303 e. The summed E-state index contributed by atoms with van der Waals surface area (Å²) in [5, 5.41) is 1.24. The highest BCUT2D eigenvalue weighted by Gasteiger charge is 1.72. The molecule has 1 rings (SSSR count). The summed E-state index contributed by atoms with van der Waals surface area (Å²) in [4.78, 5) is 0. The normalized spacial score (nSPS) is 7.44. The molecule has 0 amide bonds. The second kappa shape index (κ2) is 6.20. The maximum absolute atomic E-state index is 2.63. The zero-order chi connectivity index (χ0) is 7.11. The third-order valence-corrected chi connectivity index (χ3v) is 1.18. The number of rotatable bonds is 0. The number of hydrogen-bond donors (Lipinski definition) is 0. The van der Waals surface area contributed by atoms with Gasteiger partial charge in [-0.05, 0) is 5.30 Å². The molecule has 0 spiro atoms. The van der Waals surface area contributed by atoms with E-state index in [0.717, 1.165) is 0 Å². The van der Waals surface area contributed by atoms with E-state index in [2.05, 4.69) is 18.5 Å². The van der Waals surface area contributed by atoms with Gasteiger partial charge in [-0.15, -0.1) is 18.5 Å². The molecule has 2 heteroatoms. The van der Waals surface area contributed by atoms with Crippen molar-refractivity contribution in [3.63, 3.8) is 0 Å². The molecule has 1 aromatic rings. The van der Waals surface area contributed by atoms with Gasteiger partial charge in [-0.1, -0.05) is 37.0 Å². The Morgan fingerprint density at radius 3 is 1.67 bits per heavy atom. The molecule has 50 valence electrons. The molecule has 2 unspecified atom stereocenters. The molecule has 0 nitrogen and oxygen atoms in total. The van der Waals surface area contributed by atoms with E-state index in [4.69, 9.17) is 0 Å². The molecular weight excluding hydrogens is 146 g/mol. The Kier molecular flexibility index (Phi) is 6.26. The van der Waals surface area contributed by atoms with Crippen LogP contribution in [0.15, 0.2) is 30.3 Å². The van der Waals surface area contributed by atoms with Crippen molar-refractivity contribution in [1.29, 1.82) is 0 Å². The molecule has 0 saturated carbocycles. The summed E-state index contributed by atoms with van der Waals surface area (Å²) >= 11 is 0. The van der Waals surface area contributed by atoms with Crippen LogP contribution in [0.3, 0.4) is 0 Å². The van der Waals surface area contributed by atoms with Gasteiger partial charge in [0.15, 0.2) is 0 Å². The topological polar surface area (TPSA) is 0 Å². The van der Waals surface area contributed by atoms with Crippen LogP contribution in [0.4, 0.5) is 0 Å². The van der Waals surface area contributed by atoms with Crippen molar-refractivity contribution in [2.24, 2.45) is 0 Å². The molecule has 0 heterocycles. The van der Waals surface area contributed by atoms with Crippen molar-refractivity contribution in [2.75, 3.05) is 6.66 Å². The summed E-state index contributed by atoms with van der Waals surface area (Å²) in [6.45, 7) is 1.92. The highest BCUT2D eigenvalue weighted by molar-refractivity contribution is 7.27. The van der Waals surface area contributed by atoms with Gasteiger partial charge in [0.25, 0.3) is 0 Å². The molecule has 1 aromatic carbocycles. The van der Waals surface area contributed by atoms with Gasteiger partial charge in [-0.3, -0.25) is 0 Å². The Labute approximate surface area is 61.5 Å². The van der Waals surface area contributed by atoms with E-state index in [1.807, 2.05) is 37.0 Å². The van der Waals surface area contributed by atoms with Crippen LogP contribution in [0.5, 0.6) is 0 Å². The summed E-state index contributed by atoms with van der Waals surface area (Å²) < 4.78 is 0. The molecule has 0 aliphatic rings. The zero-order valence-corrected chi connectivity index (χ0v) is 7.85. The lowest BCUT2D eigenvalue weighted by molar-refractivity contribution is 1.78. The Balaban J connectivity index is 0.000000291. The second-order valence-electron chi connectivity index (χ2n) is 1.41. The van der Waals surface area contributed by atoms with E-state index in [0.29, 0.717) is 0 Å². The molecule has 0 bridgehead atoms. The predicted octanol–water partition coefficient (Wildman–Crippen LogP) is 1.68. The molecule has 0 aliphatic carbocycles. The van der Waals surface area contributed by atoms with E-state index >= 15 is 0 Å². The van der Waals surface area contributed by atoms with Gasteiger partial charge in [0, 0.05) is 0 Å². The zero-order valence-electron chi connectivity index (χ0n) is 5.54. The van der Waals surface area contributed by atoms with Crippen molar-refractivity contribution in [1.82, 2.24) is 0 Å². The largest absolute Gasteiger partial charge is 0.141 e. The summed E-state index contributed by atoms with van der Waals surface area (Å²) in [7, 11) is 5.05. The second-order valence-corrected chi connectivity index (χ2v) is 2.08. The van der Waals surface area contributed by atoms with Crippen LogP contribution in [0, 0.1) is 0 Å². The highest BCUT2D eigenvalue weighted by atomic mass is 31.0. The summed E-state index contributed by atoms with van der Waals surface area (Å²) in [6.07, 6.45) is 0. The highest BCUT2D eigenvalue weighted by Crippen LogP contribution is 1.86. The Bertz CT molecular complexity index is 137. The molecule has 2 atom stereocenters. The minimum atomic E-state index is 1.24. The SMILES string of the molecule is CP.Pc1ccccc1. The van der Waals surface area contributed by atoms with E-state index in [1.54, 1.807) is 0 Å². The quantitative estimate of drug-likeness (QED) is 0.504. The molecule has 9 heavy (non-hydrogen) atoms. The molecule has 0 radical (unpaired) electrons. The monoisotopic (exact) mass is 158 g/mol. The van der Waals surface area contributed by atoms with E-state index < -0.39 is 0 Å². The van der Waals surface area contributed by atoms with E-state index in [1.165, 1.54) is 5.30 Å². The van der Waals surface area contributed by atoms with Crippen LogP contribution in [-0.4, -0.2) is 6.66 Å². The molecular formula is C7H12P2. The lowest BCUT2D eigenvalue weighted by atomic mass is 10.4. The minimum Gasteiger partial charge on any atom is -0.141 e. The summed E-state index contributed by atoms with van der Waals surface area (Å²) in [5.41, 5.74) is 0. The van der Waals surface area contributed by atoms with Gasteiger partial charge in [0.1, 0.15) is 0 Å². The molecule has 0 N–H and O–H groups in total. The fourth-order valence-electron chi connectivity index (χ4n) is 0.453. The van der Waals surface area contributed by atoms with Crippen molar-refractivity contribution < 1.29 is 0 Å². The summed E-state index contributed by atoms with van der Waals surface area (Å²) in [5.74, 6) is 0. The molecule has 0 saturated heterocycles. The van der Waals surface area contributed by atoms with Gasteiger partial charge in [0.05, 0.1) is 0 Å². The Morgan fingerprint density at radius 2 is 1.44 bits per heavy atom. The fourth-order valence-corrected chi connectivity index (χ4v) is 0.675. The van der Waals surface area contributed by atoms with Crippen molar-refractivity contribution in [2.45, 2.75) is 0 Å². The lowest BCUT2D eigenvalue weighted by Gasteiger charge is -1.82. The van der Waals surface area contributed by atoms with Crippen LogP contribution in [0.25, 0.3) is 0 Å². The fraction of sp³-hybridized carbons (Fsp3) is 0.143. The molecule has 0 aromatic heterocycles. The first-order valence-corrected chi connectivity index (χ1v) is 4.51. The predicted molar refractivity (Wildman–Crippen MR) is 51.4 cm³/mol. The van der Waals surface area contributed by atoms with Crippen LogP contribution >= 0.6 is 18.5 Å². The number of hydrogen-bond acceptors (Lipinski definition) is 0. The van der Waals surface area contributed by atoms with Crippen LogP contribution in [0.2, 0.25) is 0 Å². The van der Waals surface area contributed by atoms with Gasteiger partial charge < -0.3 is 0 Å². The third-order valence-electron chi connectivity index (χ3n) is 0.800. The lowest BCUT2D eigenvalue weighted by Crippen LogP contribution is -1.82. The van der Waals surface area contributed by atoms with Crippen molar-refractivity contribution >= 4 is 23.8 Å². The smallest absolute Gasteiger partial charge is 0.0303 e. The van der Waals surface area contributed by atoms with Gasteiger partial charge in [-0.25, -0.2) is 0 Å². The Morgan fingerprint density at radius 1 is 1.00 bits per heavy atom. The average molecular weight is 158 g/mol. The van der Waals surface area contributed by atoms with Crippen molar-refractivity contribution in [3.05, 3.63) is 30.3 Å². The maximum atomic E-state index is 2.63. The Hall–Kier alpha value is 0.0800. The third kappa shape index (κ3) is 4.58. The van der Waals surface area contributed by atoms with Crippen molar-refractivity contribution in [3.8, 4) is 0 Å². The molecule has 0 fully saturated rings. The average Bonchev–Trinajstić information content (AvgIpc) is 1.94. The number of benzene rings is 1. The van der Waals surface area contributed by atoms with Crippen LogP contribution in [0.1, 0.15) is 0 Å². The van der Waals surface area contributed by atoms with Crippen LogP contribution in [-0.2, 0) is 0 Å². The van der Waals surface area contributed by atoms with Gasteiger partial charge in [-0.2, -0.15) is 0 Å². The first-order valence-electron chi connectivity index (χ1n) is 2.78. The minimum absolute atomic E-state index is 1.24. The van der Waals surface area contributed by atoms with Gasteiger partial charge in [0.2, 0.25) is 0 Å². The first-order chi connectivity index (χ1) is 4.39. The van der Waals surface area contributed by atoms with Crippen LogP contribution < -0.4 is 5.30 Å². The van der Waals surface area contributed by atoms with Gasteiger partial charge >= 0.3 is 0 Å². The van der Waals surface area contributed by atoms with E-state index in [-0.39, 0.29) is 0 Å².